The number of aryl methyl sites for hydroxylation is 1. The summed E-state index contributed by atoms with van der Waals surface area (Å²) in [7, 11) is 0. The average molecular weight is 320 g/mol. The second-order valence-corrected chi connectivity index (χ2v) is 6.00. The highest BCUT2D eigenvalue weighted by Crippen LogP contribution is 2.18. The molecule has 0 fully saturated rings. The van der Waals surface area contributed by atoms with Crippen molar-refractivity contribution in [1.29, 1.82) is 0 Å². The van der Waals surface area contributed by atoms with Crippen LogP contribution in [0.4, 0.5) is 0 Å². The molecule has 0 aliphatic rings. The van der Waals surface area contributed by atoms with Crippen molar-refractivity contribution in [2.75, 3.05) is 0 Å². The Bertz CT molecular complexity index is 566. The highest BCUT2D eigenvalue weighted by atomic mass is 16.4. The van der Waals surface area contributed by atoms with Crippen molar-refractivity contribution >= 4 is 17.8 Å². The number of hydrogen-bond acceptors (Lipinski definition) is 3. The molecule has 0 aliphatic heterocycles. The minimum absolute atomic E-state index is 0.0147. The van der Waals surface area contributed by atoms with Gasteiger partial charge in [0.05, 0.1) is 12.5 Å². The lowest BCUT2D eigenvalue weighted by molar-refractivity contribution is -0.143. The van der Waals surface area contributed by atoms with Gasteiger partial charge in [-0.3, -0.25) is 9.59 Å². The number of rotatable bonds is 7. The Labute approximate surface area is 136 Å². The van der Waals surface area contributed by atoms with Crippen LogP contribution < -0.4 is 10.6 Å². The zero-order valence-corrected chi connectivity index (χ0v) is 13.9. The molecule has 23 heavy (non-hydrogen) atoms. The predicted molar refractivity (Wildman–Crippen MR) is 86.8 cm³/mol. The smallest absolute Gasteiger partial charge is 0.326 e. The molecule has 0 saturated carbocycles. The molecule has 126 valence electrons. The van der Waals surface area contributed by atoms with E-state index in [-0.39, 0.29) is 18.2 Å². The molecule has 2 atom stereocenters. The molecule has 1 aromatic carbocycles. The summed E-state index contributed by atoms with van der Waals surface area (Å²) in [4.78, 5) is 34.7. The van der Waals surface area contributed by atoms with E-state index < -0.39 is 24.0 Å². The van der Waals surface area contributed by atoms with E-state index in [1.165, 1.54) is 6.92 Å². The summed E-state index contributed by atoms with van der Waals surface area (Å²) in [5.74, 6) is -1.96. The Balaban J connectivity index is 2.84. The SMILES string of the molecule is CC(=O)NC(CC(=O)NC(C(=O)O)C(C)C)c1ccc(C)cc1. The molecule has 0 spiro atoms. The molecule has 0 radical (unpaired) electrons. The monoisotopic (exact) mass is 320 g/mol. The zero-order chi connectivity index (χ0) is 17.6. The van der Waals surface area contributed by atoms with Crippen LogP contribution in [0.3, 0.4) is 0 Å². The van der Waals surface area contributed by atoms with Gasteiger partial charge in [0.1, 0.15) is 6.04 Å². The van der Waals surface area contributed by atoms with Crippen LogP contribution in [0.15, 0.2) is 24.3 Å². The molecule has 6 nitrogen and oxygen atoms in total. The van der Waals surface area contributed by atoms with E-state index in [1.54, 1.807) is 13.8 Å². The first-order chi connectivity index (χ1) is 10.7. The topological polar surface area (TPSA) is 95.5 Å². The summed E-state index contributed by atoms with van der Waals surface area (Å²) < 4.78 is 0. The number of carboxylic acids is 1. The van der Waals surface area contributed by atoms with E-state index in [4.69, 9.17) is 5.11 Å². The fourth-order valence-corrected chi connectivity index (χ4v) is 2.23. The van der Waals surface area contributed by atoms with E-state index in [0.717, 1.165) is 11.1 Å². The molecule has 3 N–H and O–H groups in total. The van der Waals surface area contributed by atoms with Gasteiger partial charge in [-0.05, 0) is 18.4 Å². The van der Waals surface area contributed by atoms with Gasteiger partial charge in [-0.25, -0.2) is 4.79 Å². The molecule has 0 heterocycles. The Morgan fingerprint density at radius 1 is 1.09 bits per heavy atom. The van der Waals surface area contributed by atoms with Crippen LogP contribution in [-0.2, 0) is 14.4 Å². The molecule has 1 aromatic rings. The van der Waals surface area contributed by atoms with Gasteiger partial charge >= 0.3 is 5.97 Å². The van der Waals surface area contributed by atoms with Crippen molar-refractivity contribution in [3.63, 3.8) is 0 Å². The number of aliphatic carboxylic acids is 1. The van der Waals surface area contributed by atoms with Crippen molar-refractivity contribution < 1.29 is 19.5 Å². The molecule has 2 unspecified atom stereocenters. The molecular formula is C17H24N2O4. The first-order valence-corrected chi connectivity index (χ1v) is 7.56. The Hall–Kier alpha value is -2.37. The molecule has 0 bridgehead atoms. The number of carboxylic acid groups (broad SMARTS) is 1. The van der Waals surface area contributed by atoms with Crippen molar-refractivity contribution in [1.82, 2.24) is 10.6 Å². The molecule has 0 aromatic heterocycles. The molecule has 6 heteroatoms. The third-order valence-electron chi connectivity index (χ3n) is 3.50. The maximum Gasteiger partial charge on any atom is 0.326 e. The van der Waals surface area contributed by atoms with Gasteiger partial charge in [0.2, 0.25) is 11.8 Å². The lowest BCUT2D eigenvalue weighted by atomic mass is 10.0. The molecule has 0 saturated heterocycles. The average Bonchev–Trinajstić information content (AvgIpc) is 2.43. The lowest BCUT2D eigenvalue weighted by Crippen LogP contribution is -2.45. The Morgan fingerprint density at radius 2 is 1.65 bits per heavy atom. The van der Waals surface area contributed by atoms with Crippen molar-refractivity contribution in [2.24, 2.45) is 5.92 Å². The Kier molecular flexibility index (Phi) is 6.75. The van der Waals surface area contributed by atoms with Gasteiger partial charge in [-0.2, -0.15) is 0 Å². The quantitative estimate of drug-likeness (QED) is 0.713. The maximum absolute atomic E-state index is 12.2. The molecule has 2 amide bonds. The Morgan fingerprint density at radius 3 is 2.09 bits per heavy atom. The van der Waals surface area contributed by atoms with E-state index in [2.05, 4.69) is 10.6 Å². The second-order valence-electron chi connectivity index (χ2n) is 6.00. The van der Waals surface area contributed by atoms with E-state index in [0.29, 0.717) is 0 Å². The van der Waals surface area contributed by atoms with Crippen molar-refractivity contribution in [3.8, 4) is 0 Å². The first kappa shape index (κ1) is 18.7. The molecule has 1 rings (SSSR count). The van der Waals surface area contributed by atoms with Crippen molar-refractivity contribution in [2.45, 2.75) is 46.2 Å². The number of carbonyl (C=O) groups is 3. The number of benzene rings is 1. The van der Waals surface area contributed by atoms with E-state index in [9.17, 15) is 14.4 Å². The summed E-state index contributed by atoms with van der Waals surface area (Å²) in [5, 5.41) is 14.4. The summed E-state index contributed by atoms with van der Waals surface area (Å²) in [6.07, 6.45) is -0.0147. The summed E-state index contributed by atoms with van der Waals surface area (Å²) >= 11 is 0. The highest BCUT2D eigenvalue weighted by molar-refractivity contribution is 5.84. The highest BCUT2D eigenvalue weighted by Gasteiger charge is 2.25. The lowest BCUT2D eigenvalue weighted by Gasteiger charge is -2.22. The van der Waals surface area contributed by atoms with Crippen LogP contribution >= 0.6 is 0 Å². The number of amides is 2. The number of hydrogen-bond donors (Lipinski definition) is 3. The van der Waals surface area contributed by atoms with Gasteiger partial charge in [0.25, 0.3) is 0 Å². The standard InChI is InChI=1S/C17H24N2O4/c1-10(2)16(17(22)23)19-15(21)9-14(18-12(4)20)13-7-5-11(3)6-8-13/h5-8,10,14,16H,9H2,1-4H3,(H,18,20)(H,19,21)(H,22,23). The van der Waals surface area contributed by atoms with Crippen LogP contribution in [-0.4, -0.2) is 28.9 Å². The summed E-state index contributed by atoms with van der Waals surface area (Å²) in [6, 6.07) is 6.06. The maximum atomic E-state index is 12.2. The largest absolute Gasteiger partial charge is 0.480 e. The fourth-order valence-electron chi connectivity index (χ4n) is 2.23. The normalized spacial score (nSPS) is 13.3. The first-order valence-electron chi connectivity index (χ1n) is 7.56. The van der Waals surface area contributed by atoms with Crippen LogP contribution in [0.1, 0.15) is 44.4 Å². The molecular weight excluding hydrogens is 296 g/mol. The van der Waals surface area contributed by atoms with Gasteiger partial charge < -0.3 is 15.7 Å². The van der Waals surface area contributed by atoms with Crippen LogP contribution in [0.25, 0.3) is 0 Å². The van der Waals surface area contributed by atoms with Crippen LogP contribution in [0.2, 0.25) is 0 Å². The molecule has 0 aliphatic carbocycles. The van der Waals surface area contributed by atoms with Gasteiger partial charge in [0, 0.05) is 6.92 Å². The number of carbonyl (C=O) groups excluding carboxylic acids is 2. The second kappa shape index (κ2) is 8.31. The fraction of sp³-hybridized carbons (Fsp3) is 0.471. The van der Waals surface area contributed by atoms with Crippen LogP contribution in [0.5, 0.6) is 0 Å². The minimum Gasteiger partial charge on any atom is -0.480 e. The van der Waals surface area contributed by atoms with E-state index in [1.807, 2.05) is 31.2 Å². The third-order valence-corrected chi connectivity index (χ3v) is 3.50. The van der Waals surface area contributed by atoms with E-state index >= 15 is 0 Å². The van der Waals surface area contributed by atoms with Crippen LogP contribution in [0, 0.1) is 12.8 Å². The van der Waals surface area contributed by atoms with Gasteiger partial charge in [-0.1, -0.05) is 43.7 Å². The summed E-state index contributed by atoms with van der Waals surface area (Å²) in [5.41, 5.74) is 1.88. The predicted octanol–water partition coefficient (Wildman–Crippen LogP) is 1.79. The minimum atomic E-state index is -1.07. The van der Waals surface area contributed by atoms with Gasteiger partial charge in [-0.15, -0.1) is 0 Å². The van der Waals surface area contributed by atoms with Gasteiger partial charge in [0.15, 0.2) is 0 Å². The third kappa shape index (κ3) is 6.10. The zero-order valence-electron chi connectivity index (χ0n) is 13.9. The van der Waals surface area contributed by atoms with Crippen molar-refractivity contribution in [3.05, 3.63) is 35.4 Å². The number of nitrogens with one attached hydrogen (secondary N) is 2. The summed E-state index contributed by atoms with van der Waals surface area (Å²) in [6.45, 7) is 6.78.